The zero-order valence-corrected chi connectivity index (χ0v) is 15.5. The molecule has 0 fully saturated rings. The number of aryl methyl sites for hydroxylation is 2. The van der Waals surface area contributed by atoms with Gasteiger partial charge in [-0.1, -0.05) is 12.1 Å². The van der Waals surface area contributed by atoms with Crippen molar-refractivity contribution in [3.05, 3.63) is 29.5 Å². The molecule has 0 radical (unpaired) electrons. The van der Waals surface area contributed by atoms with E-state index in [4.69, 9.17) is 9.15 Å². The van der Waals surface area contributed by atoms with Crippen molar-refractivity contribution in [1.82, 2.24) is 5.32 Å². The van der Waals surface area contributed by atoms with E-state index >= 15 is 0 Å². The first kappa shape index (κ1) is 19.1. The monoisotopic (exact) mass is 353 g/mol. The highest BCUT2D eigenvalue weighted by Crippen LogP contribution is 2.36. The SMILES string of the molecule is CC(C)(C)NCC(O)COc1cccc2c3c(oc12)CCCC3.Cl. The van der Waals surface area contributed by atoms with E-state index in [0.29, 0.717) is 6.54 Å². The highest BCUT2D eigenvalue weighted by Gasteiger charge is 2.20. The van der Waals surface area contributed by atoms with Crippen molar-refractivity contribution < 1.29 is 14.3 Å². The molecule has 134 valence electrons. The molecule has 0 amide bonds. The molecule has 4 nitrogen and oxygen atoms in total. The van der Waals surface area contributed by atoms with Crippen molar-refractivity contribution in [2.75, 3.05) is 13.2 Å². The Morgan fingerprint density at radius 3 is 2.75 bits per heavy atom. The highest BCUT2D eigenvalue weighted by molar-refractivity contribution is 5.87. The third-order valence-electron chi connectivity index (χ3n) is 4.25. The van der Waals surface area contributed by atoms with Crippen LogP contribution in [0.4, 0.5) is 0 Å². The predicted molar refractivity (Wildman–Crippen MR) is 99.4 cm³/mol. The van der Waals surface area contributed by atoms with E-state index in [-0.39, 0.29) is 24.6 Å². The van der Waals surface area contributed by atoms with Crippen LogP contribution in [0.3, 0.4) is 0 Å². The summed E-state index contributed by atoms with van der Waals surface area (Å²) in [5.41, 5.74) is 2.16. The normalized spacial score (nSPS) is 15.7. The summed E-state index contributed by atoms with van der Waals surface area (Å²) in [6.07, 6.45) is 3.98. The standard InChI is InChI=1S/C19H27NO3.ClH/c1-19(2,3)20-11-13(21)12-22-17-10-6-8-15-14-7-4-5-9-16(14)23-18(15)17;/h6,8,10,13,20-21H,4-5,7,9,11-12H2,1-3H3;1H. The Morgan fingerprint density at radius 2 is 2.00 bits per heavy atom. The van der Waals surface area contributed by atoms with Gasteiger partial charge in [-0.2, -0.15) is 0 Å². The van der Waals surface area contributed by atoms with Crippen molar-refractivity contribution in [2.24, 2.45) is 0 Å². The van der Waals surface area contributed by atoms with Gasteiger partial charge in [-0.3, -0.25) is 0 Å². The quantitative estimate of drug-likeness (QED) is 0.857. The number of halogens is 1. The lowest BCUT2D eigenvalue weighted by atomic mass is 9.96. The summed E-state index contributed by atoms with van der Waals surface area (Å²) in [5.74, 6) is 1.84. The largest absolute Gasteiger partial charge is 0.487 e. The second-order valence-corrected chi connectivity index (χ2v) is 7.44. The fourth-order valence-electron chi connectivity index (χ4n) is 3.04. The topological polar surface area (TPSA) is 54.6 Å². The molecule has 0 saturated heterocycles. The predicted octanol–water partition coefficient (Wildman–Crippen LogP) is 3.86. The molecule has 1 aliphatic rings. The molecule has 5 heteroatoms. The van der Waals surface area contributed by atoms with E-state index in [0.717, 1.165) is 29.9 Å². The first-order chi connectivity index (χ1) is 10.9. The fraction of sp³-hybridized carbons (Fsp3) is 0.579. The lowest BCUT2D eigenvalue weighted by molar-refractivity contribution is 0.100. The van der Waals surface area contributed by atoms with Crippen LogP contribution in [-0.4, -0.2) is 29.9 Å². The van der Waals surface area contributed by atoms with E-state index in [1.54, 1.807) is 0 Å². The third-order valence-corrected chi connectivity index (χ3v) is 4.25. The van der Waals surface area contributed by atoms with Gasteiger partial charge in [0, 0.05) is 29.5 Å². The van der Waals surface area contributed by atoms with Gasteiger partial charge in [-0.05, 0) is 46.1 Å². The molecule has 1 aliphatic carbocycles. The maximum absolute atomic E-state index is 10.1. The van der Waals surface area contributed by atoms with Gasteiger partial charge in [-0.15, -0.1) is 12.4 Å². The summed E-state index contributed by atoms with van der Waals surface area (Å²) in [4.78, 5) is 0. The first-order valence-electron chi connectivity index (χ1n) is 8.53. The number of para-hydroxylation sites is 1. The first-order valence-corrected chi connectivity index (χ1v) is 8.53. The van der Waals surface area contributed by atoms with E-state index in [9.17, 15) is 5.11 Å². The third kappa shape index (κ3) is 4.44. The van der Waals surface area contributed by atoms with E-state index in [1.807, 2.05) is 12.1 Å². The summed E-state index contributed by atoms with van der Waals surface area (Å²) >= 11 is 0. The molecule has 2 aromatic rings. The van der Waals surface area contributed by atoms with Crippen molar-refractivity contribution in [3.63, 3.8) is 0 Å². The van der Waals surface area contributed by atoms with Gasteiger partial charge in [0.25, 0.3) is 0 Å². The van der Waals surface area contributed by atoms with Gasteiger partial charge in [-0.25, -0.2) is 0 Å². The lowest BCUT2D eigenvalue weighted by Gasteiger charge is -2.22. The van der Waals surface area contributed by atoms with Gasteiger partial charge < -0.3 is 19.6 Å². The van der Waals surface area contributed by atoms with Crippen LogP contribution in [0.1, 0.15) is 44.9 Å². The summed E-state index contributed by atoms with van der Waals surface area (Å²) in [6, 6.07) is 6.02. The molecule has 1 atom stereocenters. The number of β-amino-alcohol motifs (C(OH)–C–C–N with tert-alkyl or cyclic N) is 1. The molecular formula is C19H28ClNO3. The molecule has 24 heavy (non-hydrogen) atoms. The van der Waals surface area contributed by atoms with Gasteiger partial charge in [0.1, 0.15) is 18.5 Å². The zero-order chi connectivity index (χ0) is 16.4. The van der Waals surface area contributed by atoms with Crippen LogP contribution in [-0.2, 0) is 12.8 Å². The molecule has 0 aliphatic heterocycles. The second-order valence-electron chi connectivity index (χ2n) is 7.44. The summed E-state index contributed by atoms with van der Waals surface area (Å²) < 4.78 is 11.9. The van der Waals surface area contributed by atoms with Crippen molar-refractivity contribution in [1.29, 1.82) is 0 Å². The zero-order valence-electron chi connectivity index (χ0n) is 14.7. The van der Waals surface area contributed by atoms with Crippen LogP contribution < -0.4 is 10.1 Å². The molecule has 0 saturated carbocycles. The van der Waals surface area contributed by atoms with E-state index < -0.39 is 6.10 Å². The summed E-state index contributed by atoms with van der Waals surface area (Å²) in [6.45, 7) is 7.00. The fourth-order valence-corrected chi connectivity index (χ4v) is 3.04. The van der Waals surface area contributed by atoms with Crippen LogP contribution >= 0.6 is 12.4 Å². The Morgan fingerprint density at radius 1 is 1.25 bits per heavy atom. The maximum atomic E-state index is 10.1. The Labute approximate surface area is 150 Å². The van der Waals surface area contributed by atoms with Crippen molar-refractivity contribution in [3.8, 4) is 5.75 Å². The number of aliphatic hydroxyl groups excluding tert-OH is 1. The Balaban J connectivity index is 0.00000208. The Kier molecular flexibility index (Phi) is 6.18. The number of ether oxygens (including phenoxy) is 1. The molecule has 0 spiro atoms. The van der Waals surface area contributed by atoms with Crippen LogP contribution in [0.5, 0.6) is 5.75 Å². The molecule has 2 N–H and O–H groups in total. The number of aliphatic hydroxyl groups is 1. The van der Waals surface area contributed by atoms with Gasteiger partial charge >= 0.3 is 0 Å². The highest BCUT2D eigenvalue weighted by atomic mass is 35.5. The van der Waals surface area contributed by atoms with Crippen LogP contribution in [0.15, 0.2) is 22.6 Å². The molecule has 1 unspecified atom stereocenters. The number of hydrogen-bond acceptors (Lipinski definition) is 4. The van der Waals surface area contributed by atoms with Crippen molar-refractivity contribution >= 4 is 23.4 Å². The molecular weight excluding hydrogens is 326 g/mol. The number of fused-ring (bicyclic) bond motifs is 3. The number of nitrogens with one attached hydrogen (secondary N) is 1. The average Bonchev–Trinajstić information content (AvgIpc) is 2.89. The maximum Gasteiger partial charge on any atom is 0.176 e. The minimum atomic E-state index is -0.547. The van der Waals surface area contributed by atoms with Crippen LogP contribution in [0.2, 0.25) is 0 Å². The number of rotatable bonds is 5. The minimum Gasteiger partial charge on any atom is -0.487 e. The molecule has 1 heterocycles. The van der Waals surface area contributed by atoms with Crippen LogP contribution in [0, 0.1) is 0 Å². The van der Waals surface area contributed by atoms with Gasteiger partial charge in [0.2, 0.25) is 0 Å². The molecule has 1 aromatic carbocycles. The van der Waals surface area contributed by atoms with Gasteiger partial charge in [0.05, 0.1) is 0 Å². The molecule has 1 aromatic heterocycles. The van der Waals surface area contributed by atoms with Gasteiger partial charge in [0.15, 0.2) is 11.3 Å². The summed E-state index contributed by atoms with van der Waals surface area (Å²) in [5, 5.41) is 14.5. The lowest BCUT2D eigenvalue weighted by Crippen LogP contribution is -2.42. The molecule has 3 rings (SSSR count). The Bertz CT molecular complexity index is 675. The smallest absolute Gasteiger partial charge is 0.176 e. The minimum absolute atomic E-state index is 0. The summed E-state index contributed by atoms with van der Waals surface area (Å²) in [7, 11) is 0. The van der Waals surface area contributed by atoms with E-state index in [2.05, 4.69) is 32.2 Å². The van der Waals surface area contributed by atoms with E-state index in [1.165, 1.54) is 23.8 Å². The molecule has 0 bridgehead atoms. The number of benzene rings is 1. The second kappa shape index (κ2) is 7.77. The number of hydrogen-bond donors (Lipinski definition) is 2. The number of furan rings is 1. The van der Waals surface area contributed by atoms with Crippen molar-refractivity contribution in [2.45, 2.75) is 58.1 Å². The average molecular weight is 354 g/mol. The van der Waals surface area contributed by atoms with Crippen LogP contribution in [0.25, 0.3) is 11.0 Å². The Hall–Kier alpha value is -1.23.